The Morgan fingerprint density at radius 2 is 1.85 bits per heavy atom. The van der Waals surface area contributed by atoms with Crippen LogP contribution in [0.4, 0.5) is 0 Å². The van der Waals surface area contributed by atoms with Crippen molar-refractivity contribution in [1.82, 2.24) is 14.0 Å². The van der Waals surface area contributed by atoms with Gasteiger partial charge in [0, 0.05) is 30.7 Å². The van der Waals surface area contributed by atoms with Crippen LogP contribution in [0.15, 0.2) is 30.6 Å². The Morgan fingerprint density at radius 1 is 1.19 bits per heavy atom. The van der Waals surface area contributed by atoms with Gasteiger partial charge in [-0.05, 0) is 61.7 Å². The highest BCUT2D eigenvalue weighted by molar-refractivity contribution is 7.91. The largest absolute Gasteiger partial charge is 0.310 e. The number of hydrogen-bond acceptors (Lipinski definition) is 4. The molecule has 1 saturated heterocycles. The van der Waals surface area contributed by atoms with Gasteiger partial charge in [0.05, 0.1) is 18.2 Å². The van der Waals surface area contributed by atoms with Gasteiger partial charge in [0.1, 0.15) is 0 Å². The first-order valence-corrected chi connectivity index (χ1v) is 11.7. The summed E-state index contributed by atoms with van der Waals surface area (Å²) in [6.07, 6.45) is 4.70. The second kappa shape index (κ2) is 7.89. The first kappa shape index (κ1) is 20.3. The summed E-state index contributed by atoms with van der Waals surface area (Å²) in [6.45, 7) is 9.97. The van der Waals surface area contributed by atoms with Crippen LogP contribution in [0.25, 0.3) is 5.69 Å². The van der Waals surface area contributed by atoms with Gasteiger partial charge in [-0.25, -0.2) is 8.42 Å². The lowest BCUT2D eigenvalue weighted by Gasteiger charge is -2.29. The number of imidazole rings is 1. The van der Waals surface area contributed by atoms with E-state index in [0.29, 0.717) is 24.8 Å². The zero-order valence-corrected chi connectivity index (χ0v) is 18.2. The molecule has 2 heterocycles. The Kier molecular flexibility index (Phi) is 5.93. The fraction of sp³-hybridized carbons (Fsp3) is 0.550. The monoisotopic (exact) mass is 407 g/mol. The van der Waals surface area contributed by atoms with Gasteiger partial charge >= 0.3 is 0 Å². The van der Waals surface area contributed by atoms with E-state index in [1.807, 2.05) is 21.5 Å². The van der Waals surface area contributed by atoms with Gasteiger partial charge in [-0.1, -0.05) is 19.9 Å². The molecule has 0 N–H and O–H groups in total. The third-order valence-electron chi connectivity index (χ3n) is 4.99. The maximum Gasteiger partial charge on any atom is 0.185 e. The number of hydrogen-bond donors (Lipinski definition) is 0. The van der Waals surface area contributed by atoms with Gasteiger partial charge in [-0.15, -0.1) is 0 Å². The average Bonchev–Trinajstić information content (AvgIpc) is 3.08. The molecule has 1 aromatic carbocycles. The summed E-state index contributed by atoms with van der Waals surface area (Å²) in [5, 5.41) is 0. The van der Waals surface area contributed by atoms with Crippen molar-refractivity contribution in [3.63, 3.8) is 0 Å². The summed E-state index contributed by atoms with van der Waals surface area (Å²) in [5.41, 5.74) is 3.48. The van der Waals surface area contributed by atoms with Crippen molar-refractivity contribution in [3.05, 3.63) is 46.5 Å². The van der Waals surface area contributed by atoms with Crippen LogP contribution < -0.4 is 0 Å². The van der Waals surface area contributed by atoms with Gasteiger partial charge in [-0.3, -0.25) is 9.47 Å². The van der Waals surface area contributed by atoms with Crippen LogP contribution >= 0.6 is 12.2 Å². The Balaban J connectivity index is 1.87. The molecule has 0 spiro atoms. The quantitative estimate of drug-likeness (QED) is 0.685. The smallest absolute Gasteiger partial charge is 0.185 e. The summed E-state index contributed by atoms with van der Waals surface area (Å²) in [4.78, 5) is 2.27. The normalized spacial score (nSPS) is 19.3. The average molecular weight is 408 g/mol. The van der Waals surface area contributed by atoms with Crippen molar-refractivity contribution in [2.75, 3.05) is 18.1 Å². The zero-order chi connectivity index (χ0) is 19.8. The highest BCUT2D eigenvalue weighted by Crippen LogP contribution is 2.21. The molecule has 5 nitrogen and oxygen atoms in total. The first-order chi connectivity index (χ1) is 12.6. The fourth-order valence-corrected chi connectivity index (χ4v) is 5.90. The van der Waals surface area contributed by atoms with Crippen molar-refractivity contribution >= 4 is 22.1 Å². The summed E-state index contributed by atoms with van der Waals surface area (Å²) < 4.78 is 28.7. The molecule has 1 aliphatic heterocycles. The van der Waals surface area contributed by atoms with E-state index >= 15 is 0 Å². The van der Waals surface area contributed by atoms with E-state index in [-0.39, 0.29) is 11.8 Å². The summed E-state index contributed by atoms with van der Waals surface area (Å²) in [7, 11) is -2.91. The summed E-state index contributed by atoms with van der Waals surface area (Å²) in [6, 6.07) is 6.48. The molecule has 1 aliphatic rings. The molecular formula is C20H29N3O2S2. The van der Waals surface area contributed by atoms with Crippen molar-refractivity contribution < 1.29 is 8.42 Å². The molecule has 3 rings (SSSR count). The molecule has 2 aromatic rings. The van der Waals surface area contributed by atoms with Gasteiger partial charge in [0.15, 0.2) is 14.6 Å². The molecule has 0 radical (unpaired) electrons. The molecule has 1 aromatic heterocycles. The van der Waals surface area contributed by atoms with E-state index in [1.54, 1.807) is 0 Å². The predicted octanol–water partition coefficient (Wildman–Crippen LogP) is 3.73. The molecule has 148 valence electrons. The van der Waals surface area contributed by atoms with Crippen molar-refractivity contribution in [2.45, 2.75) is 46.8 Å². The molecule has 0 bridgehead atoms. The molecule has 1 fully saturated rings. The Morgan fingerprint density at radius 3 is 2.41 bits per heavy atom. The highest BCUT2D eigenvalue weighted by atomic mass is 32.2. The first-order valence-electron chi connectivity index (χ1n) is 9.45. The van der Waals surface area contributed by atoms with Crippen molar-refractivity contribution in [1.29, 1.82) is 0 Å². The van der Waals surface area contributed by atoms with Crippen molar-refractivity contribution in [2.24, 2.45) is 5.92 Å². The molecule has 7 heteroatoms. The number of benzene rings is 1. The molecule has 0 saturated carbocycles. The third-order valence-corrected chi connectivity index (χ3v) is 7.17. The Bertz CT molecular complexity index is 953. The minimum absolute atomic E-state index is 0.0730. The van der Waals surface area contributed by atoms with Crippen LogP contribution in [-0.2, 0) is 16.5 Å². The van der Waals surface area contributed by atoms with Crippen molar-refractivity contribution in [3.8, 4) is 5.69 Å². The summed E-state index contributed by atoms with van der Waals surface area (Å²) in [5.74, 6) is 1.01. The number of aromatic nitrogens is 2. The molecule has 0 amide bonds. The second-order valence-electron chi connectivity index (χ2n) is 8.13. The molecule has 0 aliphatic carbocycles. The van der Waals surface area contributed by atoms with E-state index in [4.69, 9.17) is 12.2 Å². The third kappa shape index (κ3) is 4.89. The second-order valence-corrected chi connectivity index (χ2v) is 10.7. The van der Waals surface area contributed by atoms with Crippen LogP contribution in [0.2, 0.25) is 0 Å². The van der Waals surface area contributed by atoms with E-state index < -0.39 is 9.84 Å². The fourth-order valence-electron chi connectivity index (χ4n) is 3.86. The molecular weight excluding hydrogens is 378 g/mol. The number of rotatable bonds is 6. The topological polar surface area (TPSA) is 47.2 Å². The molecule has 27 heavy (non-hydrogen) atoms. The standard InChI is InChI=1S/C20H29N3O2S2/c1-15(2)12-22(18-5-8-27(24,25)13-18)14-21-6-7-23(20(21)26)19-10-16(3)9-17(4)11-19/h6-7,9-11,15,18H,5,8,12-14H2,1-4H3. The van der Waals surface area contributed by atoms with Gasteiger partial charge in [0.25, 0.3) is 0 Å². The Labute approximate surface area is 167 Å². The SMILES string of the molecule is Cc1cc(C)cc(-n2ccn(CN(CC(C)C)C3CCS(=O)(=O)C3)c2=S)c1. The van der Waals surface area contributed by atoms with Crippen LogP contribution in [0.1, 0.15) is 31.4 Å². The summed E-state index contributed by atoms with van der Waals surface area (Å²) >= 11 is 5.73. The van der Waals surface area contributed by atoms with Gasteiger partial charge < -0.3 is 4.57 Å². The number of sulfone groups is 1. The number of nitrogens with zero attached hydrogens (tertiary/aromatic N) is 3. The van der Waals surface area contributed by atoms with Crippen LogP contribution in [-0.4, -0.2) is 46.5 Å². The predicted molar refractivity (Wildman–Crippen MR) is 113 cm³/mol. The van der Waals surface area contributed by atoms with Crippen LogP contribution in [0, 0.1) is 24.5 Å². The van der Waals surface area contributed by atoms with E-state index in [0.717, 1.165) is 17.0 Å². The van der Waals surface area contributed by atoms with Gasteiger partial charge in [0.2, 0.25) is 0 Å². The lowest BCUT2D eigenvalue weighted by atomic mass is 10.1. The lowest BCUT2D eigenvalue weighted by molar-refractivity contribution is 0.145. The zero-order valence-electron chi connectivity index (χ0n) is 16.6. The van der Waals surface area contributed by atoms with Gasteiger partial charge in [-0.2, -0.15) is 0 Å². The maximum atomic E-state index is 11.9. The lowest BCUT2D eigenvalue weighted by Crippen LogP contribution is -2.40. The maximum absolute atomic E-state index is 11.9. The molecule has 1 unspecified atom stereocenters. The minimum atomic E-state index is -2.91. The van der Waals surface area contributed by atoms with Crippen LogP contribution in [0.3, 0.4) is 0 Å². The number of aryl methyl sites for hydroxylation is 2. The molecule has 1 atom stereocenters. The minimum Gasteiger partial charge on any atom is -0.310 e. The van der Waals surface area contributed by atoms with E-state index in [1.165, 1.54) is 11.1 Å². The highest BCUT2D eigenvalue weighted by Gasteiger charge is 2.32. The van der Waals surface area contributed by atoms with E-state index in [2.05, 4.69) is 50.8 Å². The Hall–Kier alpha value is -1.44. The van der Waals surface area contributed by atoms with Crippen LogP contribution in [0.5, 0.6) is 0 Å². The van der Waals surface area contributed by atoms with E-state index in [9.17, 15) is 8.42 Å².